The molecule has 8 bridgehead atoms. The number of ether oxygens (including phenoxy) is 3. The lowest BCUT2D eigenvalue weighted by molar-refractivity contribution is -0.375. The second-order valence-corrected chi connectivity index (χ2v) is 12.9. The molecule has 2 unspecified atom stereocenters. The highest BCUT2D eigenvalue weighted by atomic mass is 16.7. The molecule has 0 aromatic heterocycles. The fourth-order valence-corrected chi connectivity index (χ4v) is 10.0. The second kappa shape index (κ2) is 6.71. The molecule has 6 heteroatoms. The van der Waals surface area contributed by atoms with Crippen molar-refractivity contribution in [1.29, 1.82) is 0 Å². The lowest BCUT2D eigenvalue weighted by Gasteiger charge is -2.64. The summed E-state index contributed by atoms with van der Waals surface area (Å²) in [7, 11) is 0. The molecule has 1 saturated heterocycles. The minimum absolute atomic E-state index is 0.0370. The molecule has 9 fully saturated rings. The minimum atomic E-state index is -0.628. The standard InChI is InChI=1S/C26H36O6/c27-22(28)24-6-18-4-20(10-24)26(21(5-18)11-24)31-13-19(14-32-26)12-30-23(29)25-7-15-1-16(8-25)3-17(2-15)9-25/h15-21H,1-14H2,(H,27,28). The van der Waals surface area contributed by atoms with Gasteiger partial charge in [-0.3, -0.25) is 9.59 Å². The van der Waals surface area contributed by atoms with E-state index in [1.807, 2.05) is 0 Å². The van der Waals surface area contributed by atoms with Crippen LogP contribution in [0.5, 0.6) is 0 Å². The molecule has 8 aliphatic carbocycles. The summed E-state index contributed by atoms with van der Waals surface area (Å²) in [5.74, 6) is 1.95. The Morgan fingerprint density at radius 2 is 1.25 bits per heavy atom. The Balaban J connectivity index is 0.980. The van der Waals surface area contributed by atoms with Gasteiger partial charge in [-0.2, -0.15) is 0 Å². The van der Waals surface area contributed by atoms with Crippen LogP contribution < -0.4 is 0 Å². The molecule has 6 nitrogen and oxygen atoms in total. The van der Waals surface area contributed by atoms with E-state index in [1.165, 1.54) is 19.3 Å². The summed E-state index contributed by atoms with van der Waals surface area (Å²) in [4.78, 5) is 25.2. The molecule has 1 spiro atoms. The van der Waals surface area contributed by atoms with Crippen molar-refractivity contribution in [2.45, 2.75) is 76.4 Å². The Morgan fingerprint density at radius 3 is 1.78 bits per heavy atom. The Kier molecular flexibility index (Phi) is 4.25. The molecule has 0 radical (unpaired) electrons. The van der Waals surface area contributed by atoms with Crippen LogP contribution in [0.2, 0.25) is 0 Å². The Labute approximate surface area is 189 Å². The summed E-state index contributed by atoms with van der Waals surface area (Å²) < 4.78 is 18.8. The summed E-state index contributed by atoms with van der Waals surface area (Å²) in [6.45, 7) is 1.48. The van der Waals surface area contributed by atoms with Crippen LogP contribution in [0.15, 0.2) is 0 Å². The van der Waals surface area contributed by atoms with Gasteiger partial charge in [0.25, 0.3) is 0 Å². The number of carbonyl (C=O) groups is 2. The van der Waals surface area contributed by atoms with E-state index >= 15 is 0 Å². The molecule has 1 heterocycles. The fourth-order valence-electron chi connectivity index (χ4n) is 10.0. The van der Waals surface area contributed by atoms with Gasteiger partial charge in [-0.15, -0.1) is 0 Å². The maximum atomic E-state index is 13.2. The Morgan fingerprint density at radius 1 is 0.750 bits per heavy atom. The van der Waals surface area contributed by atoms with Crippen molar-refractivity contribution in [3.8, 4) is 0 Å². The zero-order chi connectivity index (χ0) is 21.7. The SMILES string of the molecule is O=C(O)C12CC3CC(C1)C1(OCC(COC(=O)C45CC6CC(CC(C6)C4)C5)CO1)C(C3)C2. The van der Waals surface area contributed by atoms with Gasteiger partial charge in [0, 0.05) is 17.8 Å². The lowest BCUT2D eigenvalue weighted by atomic mass is 9.47. The van der Waals surface area contributed by atoms with Crippen molar-refractivity contribution in [3.63, 3.8) is 0 Å². The number of rotatable bonds is 4. The molecular formula is C26H36O6. The highest BCUT2D eigenvalue weighted by Crippen LogP contribution is 2.65. The van der Waals surface area contributed by atoms with E-state index in [2.05, 4.69) is 0 Å². The first-order valence-corrected chi connectivity index (χ1v) is 13.1. The zero-order valence-electron chi connectivity index (χ0n) is 18.9. The number of carboxylic acid groups (broad SMARTS) is 1. The van der Waals surface area contributed by atoms with Gasteiger partial charge in [0.1, 0.15) is 0 Å². The van der Waals surface area contributed by atoms with E-state index in [0.717, 1.165) is 56.3 Å². The summed E-state index contributed by atoms with van der Waals surface area (Å²) in [5.41, 5.74) is -0.766. The average Bonchev–Trinajstić information content (AvgIpc) is 2.75. The molecule has 9 rings (SSSR count). The van der Waals surface area contributed by atoms with E-state index in [0.29, 0.717) is 38.6 Å². The molecule has 0 aromatic rings. The molecule has 9 aliphatic rings. The van der Waals surface area contributed by atoms with Crippen molar-refractivity contribution in [2.24, 2.45) is 52.3 Å². The number of carbonyl (C=O) groups excluding carboxylic acids is 1. The van der Waals surface area contributed by atoms with E-state index in [-0.39, 0.29) is 29.1 Å². The van der Waals surface area contributed by atoms with Gasteiger partial charge in [-0.05, 0) is 94.3 Å². The highest BCUT2D eigenvalue weighted by Gasteiger charge is 2.67. The Hall–Kier alpha value is -1.14. The first-order valence-electron chi connectivity index (χ1n) is 13.1. The number of hydrogen-bond acceptors (Lipinski definition) is 5. The van der Waals surface area contributed by atoms with E-state index in [4.69, 9.17) is 14.2 Å². The van der Waals surface area contributed by atoms with Crippen molar-refractivity contribution in [3.05, 3.63) is 0 Å². The number of esters is 1. The molecular weight excluding hydrogens is 408 g/mol. The third-order valence-corrected chi connectivity index (χ3v) is 10.8. The van der Waals surface area contributed by atoms with Gasteiger partial charge in [0.15, 0.2) is 5.79 Å². The van der Waals surface area contributed by atoms with Crippen LogP contribution in [0, 0.1) is 52.3 Å². The van der Waals surface area contributed by atoms with E-state index in [9.17, 15) is 14.7 Å². The molecule has 1 aliphatic heterocycles. The smallest absolute Gasteiger partial charge is 0.312 e. The van der Waals surface area contributed by atoms with Crippen molar-refractivity contribution < 1.29 is 28.9 Å². The Bertz CT molecular complexity index is 773. The van der Waals surface area contributed by atoms with Gasteiger partial charge in [0.05, 0.1) is 30.7 Å². The van der Waals surface area contributed by atoms with Gasteiger partial charge in [-0.25, -0.2) is 0 Å². The largest absolute Gasteiger partial charge is 0.481 e. The van der Waals surface area contributed by atoms with Crippen LogP contribution in [-0.2, 0) is 23.8 Å². The lowest BCUT2D eigenvalue weighted by Crippen LogP contribution is -2.66. The van der Waals surface area contributed by atoms with Gasteiger partial charge < -0.3 is 19.3 Å². The first-order chi connectivity index (χ1) is 15.4. The predicted octanol–water partition coefficient (Wildman–Crippen LogP) is 4.02. The predicted molar refractivity (Wildman–Crippen MR) is 113 cm³/mol. The van der Waals surface area contributed by atoms with Gasteiger partial charge in [-0.1, -0.05) is 0 Å². The molecule has 2 atom stereocenters. The molecule has 8 saturated carbocycles. The van der Waals surface area contributed by atoms with E-state index in [1.54, 1.807) is 0 Å². The normalized spacial score (nSPS) is 54.8. The topological polar surface area (TPSA) is 82.1 Å². The molecule has 32 heavy (non-hydrogen) atoms. The summed E-state index contributed by atoms with van der Waals surface area (Å²) in [5, 5.41) is 9.89. The van der Waals surface area contributed by atoms with Crippen molar-refractivity contribution >= 4 is 11.9 Å². The first kappa shape index (κ1) is 20.3. The van der Waals surface area contributed by atoms with Crippen LogP contribution in [0.1, 0.15) is 70.6 Å². The monoisotopic (exact) mass is 444 g/mol. The van der Waals surface area contributed by atoms with Gasteiger partial charge >= 0.3 is 11.9 Å². The summed E-state index contributed by atoms with van der Waals surface area (Å²) >= 11 is 0. The molecule has 176 valence electrons. The molecule has 0 aromatic carbocycles. The minimum Gasteiger partial charge on any atom is -0.481 e. The van der Waals surface area contributed by atoms with Gasteiger partial charge in [0.2, 0.25) is 0 Å². The quantitative estimate of drug-likeness (QED) is 0.660. The maximum Gasteiger partial charge on any atom is 0.312 e. The summed E-state index contributed by atoms with van der Waals surface area (Å²) in [6.07, 6.45) is 11.3. The number of carboxylic acids is 1. The van der Waals surface area contributed by atoms with Crippen molar-refractivity contribution in [1.82, 2.24) is 0 Å². The number of hydrogen-bond donors (Lipinski definition) is 1. The maximum absolute atomic E-state index is 13.2. The van der Waals surface area contributed by atoms with Crippen LogP contribution in [0.25, 0.3) is 0 Å². The van der Waals surface area contributed by atoms with Crippen molar-refractivity contribution in [2.75, 3.05) is 19.8 Å². The third-order valence-electron chi connectivity index (χ3n) is 10.8. The van der Waals surface area contributed by atoms with E-state index < -0.39 is 17.2 Å². The molecule has 1 N–H and O–H groups in total. The second-order valence-electron chi connectivity index (χ2n) is 12.9. The highest BCUT2D eigenvalue weighted by molar-refractivity contribution is 5.77. The zero-order valence-corrected chi connectivity index (χ0v) is 18.9. The van der Waals surface area contributed by atoms with Crippen LogP contribution >= 0.6 is 0 Å². The van der Waals surface area contributed by atoms with Crippen LogP contribution in [-0.4, -0.2) is 42.7 Å². The van der Waals surface area contributed by atoms with Crippen LogP contribution in [0.4, 0.5) is 0 Å². The number of aliphatic carboxylic acids is 1. The third kappa shape index (κ3) is 2.77. The summed E-state index contributed by atoms with van der Waals surface area (Å²) in [6, 6.07) is 0. The average molecular weight is 445 g/mol. The molecule has 0 amide bonds. The van der Waals surface area contributed by atoms with Crippen LogP contribution in [0.3, 0.4) is 0 Å². The fraction of sp³-hybridized carbons (Fsp3) is 0.923.